The summed E-state index contributed by atoms with van der Waals surface area (Å²) in [4.78, 5) is 0. The average molecular weight is 258 g/mol. The number of hydrogen-bond donors (Lipinski definition) is 1. The summed E-state index contributed by atoms with van der Waals surface area (Å²) < 4.78 is 0. The van der Waals surface area contributed by atoms with Crippen molar-refractivity contribution in [2.24, 2.45) is 0 Å². The first-order valence-electron chi connectivity index (χ1n) is 6.17. The number of rotatable bonds is 3. The van der Waals surface area contributed by atoms with Crippen LogP contribution in [0.2, 0.25) is 0 Å². The summed E-state index contributed by atoms with van der Waals surface area (Å²) in [6, 6.07) is 12.8. The Kier molecular flexibility index (Phi) is 4.04. The molecule has 0 bridgehead atoms. The zero-order valence-electron chi connectivity index (χ0n) is 10.9. The molecular formula is C16H19OP. The van der Waals surface area contributed by atoms with Crippen molar-refractivity contribution in [1.82, 2.24) is 0 Å². The van der Waals surface area contributed by atoms with E-state index in [1.165, 1.54) is 16.7 Å². The van der Waals surface area contributed by atoms with E-state index in [-0.39, 0.29) is 0 Å². The molecule has 1 atom stereocenters. The molecule has 2 rings (SSSR count). The highest BCUT2D eigenvalue weighted by Crippen LogP contribution is 2.24. The van der Waals surface area contributed by atoms with Crippen molar-refractivity contribution in [2.75, 3.05) is 0 Å². The molecule has 0 aromatic heterocycles. The predicted octanol–water partition coefficient (Wildman–Crippen LogP) is 3.97. The normalized spacial score (nSPS) is 10.6. The Bertz CT molecular complexity index is 521. The van der Waals surface area contributed by atoms with Crippen LogP contribution in [-0.2, 0) is 12.6 Å². The first-order chi connectivity index (χ1) is 8.60. The molecule has 0 aliphatic heterocycles. The van der Waals surface area contributed by atoms with E-state index in [0.29, 0.717) is 5.75 Å². The van der Waals surface area contributed by atoms with Crippen LogP contribution in [0.4, 0.5) is 0 Å². The molecule has 0 spiro atoms. The lowest BCUT2D eigenvalue weighted by molar-refractivity contribution is 0.466. The molecule has 2 heteroatoms. The van der Waals surface area contributed by atoms with E-state index in [2.05, 4.69) is 45.6 Å². The van der Waals surface area contributed by atoms with Gasteiger partial charge in [-0.1, -0.05) is 36.4 Å². The molecule has 1 nitrogen and oxygen atoms in total. The van der Waals surface area contributed by atoms with Crippen molar-refractivity contribution in [3.63, 3.8) is 0 Å². The largest absolute Gasteiger partial charge is 0.507 e. The summed E-state index contributed by atoms with van der Waals surface area (Å²) in [5.74, 6) is 0.414. The minimum atomic E-state index is 0.414. The first kappa shape index (κ1) is 13.1. The lowest BCUT2D eigenvalue weighted by atomic mass is 9.99. The van der Waals surface area contributed by atoms with Crippen LogP contribution in [0.25, 0.3) is 0 Å². The van der Waals surface area contributed by atoms with Crippen molar-refractivity contribution in [1.29, 1.82) is 0 Å². The lowest BCUT2D eigenvalue weighted by Crippen LogP contribution is -1.92. The molecular weight excluding hydrogens is 239 g/mol. The fourth-order valence-corrected chi connectivity index (χ4v) is 2.45. The summed E-state index contributed by atoms with van der Waals surface area (Å²) >= 11 is 0. The maximum absolute atomic E-state index is 9.76. The fraction of sp³-hybridized carbons (Fsp3) is 0.250. The third-order valence-corrected chi connectivity index (χ3v) is 3.69. The second-order valence-corrected chi connectivity index (χ2v) is 5.18. The molecule has 2 aromatic rings. The van der Waals surface area contributed by atoms with Crippen LogP contribution in [0.15, 0.2) is 36.4 Å². The molecule has 0 saturated heterocycles. The molecule has 1 unspecified atom stereocenters. The summed E-state index contributed by atoms with van der Waals surface area (Å²) in [6.45, 7) is 3.90. The first-order valence-corrected chi connectivity index (χ1v) is 6.99. The van der Waals surface area contributed by atoms with E-state index in [9.17, 15) is 5.11 Å². The summed E-state index contributed by atoms with van der Waals surface area (Å²) in [5.41, 5.74) is 5.79. The molecule has 1 N–H and O–H groups in total. The highest BCUT2D eigenvalue weighted by atomic mass is 31.0. The average Bonchev–Trinajstić information content (AvgIpc) is 2.37. The number of phenolic OH excluding ortho intramolecular Hbond substituents is 1. The second kappa shape index (κ2) is 5.54. The van der Waals surface area contributed by atoms with Crippen molar-refractivity contribution in [3.8, 4) is 5.75 Å². The van der Waals surface area contributed by atoms with Crippen LogP contribution in [0.5, 0.6) is 5.75 Å². The molecule has 0 heterocycles. The quantitative estimate of drug-likeness (QED) is 0.826. The van der Waals surface area contributed by atoms with Gasteiger partial charge < -0.3 is 5.11 Å². The van der Waals surface area contributed by atoms with E-state index in [1.807, 2.05) is 13.8 Å². The number of aryl methyl sites for hydroxylation is 2. The smallest absolute Gasteiger partial charge is 0.121 e. The minimum Gasteiger partial charge on any atom is -0.507 e. The molecule has 18 heavy (non-hydrogen) atoms. The van der Waals surface area contributed by atoms with Gasteiger partial charge in [0.1, 0.15) is 5.75 Å². The molecule has 0 aliphatic carbocycles. The van der Waals surface area contributed by atoms with Crippen molar-refractivity contribution < 1.29 is 5.11 Å². The number of benzene rings is 2. The fourth-order valence-electron chi connectivity index (χ4n) is 2.18. The van der Waals surface area contributed by atoms with Gasteiger partial charge in [0.25, 0.3) is 0 Å². The Balaban J connectivity index is 2.23. The van der Waals surface area contributed by atoms with Gasteiger partial charge in [-0.05, 0) is 54.2 Å². The van der Waals surface area contributed by atoms with E-state index in [1.54, 1.807) is 0 Å². The van der Waals surface area contributed by atoms with Crippen molar-refractivity contribution in [2.45, 2.75) is 26.4 Å². The summed E-state index contributed by atoms with van der Waals surface area (Å²) in [6.07, 6.45) is 1.91. The Morgan fingerprint density at radius 1 is 0.889 bits per heavy atom. The van der Waals surface area contributed by atoms with Crippen LogP contribution in [0.3, 0.4) is 0 Å². The summed E-state index contributed by atoms with van der Waals surface area (Å²) in [7, 11) is 2.74. The van der Waals surface area contributed by atoms with Crippen molar-refractivity contribution >= 4 is 9.24 Å². The molecule has 94 valence electrons. The highest BCUT2D eigenvalue weighted by molar-refractivity contribution is 7.15. The van der Waals surface area contributed by atoms with Gasteiger partial charge in [0.15, 0.2) is 0 Å². The standard InChI is InChI=1S/C16H19OP/c1-11-7-15(8-12(2)16(11)17)9-13-3-5-14(10-18)6-4-13/h3-8,17H,9-10,18H2,1-2H3. The third kappa shape index (κ3) is 2.91. The maximum Gasteiger partial charge on any atom is 0.121 e. The van der Waals surface area contributed by atoms with E-state index in [4.69, 9.17) is 0 Å². The number of hydrogen-bond acceptors (Lipinski definition) is 1. The molecule has 0 aliphatic rings. The van der Waals surface area contributed by atoms with E-state index < -0.39 is 0 Å². The second-order valence-electron chi connectivity index (χ2n) is 4.78. The predicted molar refractivity (Wildman–Crippen MR) is 80.2 cm³/mol. The molecule has 0 fully saturated rings. The van der Waals surface area contributed by atoms with Gasteiger partial charge in [0.05, 0.1) is 0 Å². The molecule has 0 saturated carbocycles. The Hall–Kier alpha value is -1.33. The lowest BCUT2D eigenvalue weighted by Gasteiger charge is -2.08. The Morgan fingerprint density at radius 3 is 1.89 bits per heavy atom. The van der Waals surface area contributed by atoms with Crippen molar-refractivity contribution in [3.05, 3.63) is 64.2 Å². The minimum absolute atomic E-state index is 0.414. The van der Waals surface area contributed by atoms with E-state index >= 15 is 0 Å². The highest BCUT2D eigenvalue weighted by Gasteiger charge is 2.04. The monoisotopic (exact) mass is 258 g/mol. The summed E-state index contributed by atoms with van der Waals surface area (Å²) in [5, 5.41) is 9.76. The Morgan fingerprint density at radius 2 is 1.39 bits per heavy atom. The van der Waals surface area contributed by atoms with Crippen LogP contribution in [-0.4, -0.2) is 5.11 Å². The van der Waals surface area contributed by atoms with Crippen LogP contribution >= 0.6 is 9.24 Å². The van der Waals surface area contributed by atoms with Gasteiger partial charge in [0, 0.05) is 0 Å². The van der Waals surface area contributed by atoms with Crippen LogP contribution < -0.4 is 0 Å². The zero-order valence-corrected chi connectivity index (χ0v) is 12.1. The van der Waals surface area contributed by atoms with Gasteiger partial charge in [-0.3, -0.25) is 0 Å². The number of phenols is 1. The SMILES string of the molecule is Cc1cc(Cc2ccc(CP)cc2)cc(C)c1O. The van der Waals surface area contributed by atoms with Gasteiger partial charge in [-0.2, -0.15) is 0 Å². The van der Waals surface area contributed by atoms with Gasteiger partial charge in [-0.25, -0.2) is 0 Å². The molecule has 0 amide bonds. The van der Waals surface area contributed by atoms with Crippen LogP contribution in [0, 0.1) is 13.8 Å². The number of aromatic hydroxyl groups is 1. The maximum atomic E-state index is 9.76. The van der Waals surface area contributed by atoms with Gasteiger partial charge in [-0.15, -0.1) is 9.24 Å². The van der Waals surface area contributed by atoms with E-state index in [0.717, 1.165) is 23.7 Å². The third-order valence-electron chi connectivity index (χ3n) is 3.22. The van der Waals surface area contributed by atoms with Gasteiger partial charge >= 0.3 is 0 Å². The molecule has 2 aromatic carbocycles. The zero-order chi connectivity index (χ0) is 13.1. The Labute approximate surface area is 111 Å². The topological polar surface area (TPSA) is 20.2 Å². The van der Waals surface area contributed by atoms with Gasteiger partial charge in [0.2, 0.25) is 0 Å². The van der Waals surface area contributed by atoms with Crippen LogP contribution in [0.1, 0.15) is 27.8 Å². The molecule has 0 radical (unpaired) electrons.